The fourth-order valence-electron chi connectivity index (χ4n) is 1.97. The first-order chi connectivity index (χ1) is 9.46. The lowest BCUT2D eigenvalue weighted by molar-refractivity contribution is 0.220. The molecule has 1 unspecified atom stereocenters. The van der Waals surface area contributed by atoms with Crippen LogP contribution < -0.4 is 5.32 Å². The van der Waals surface area contributed by atoms with E-state index in [2.05, 4.69) is 21.2 Å². The third kappa shape index (κ3) is 3.14. The van der Waals surface area contributed by atoms with Crippen LogP contribution in [0.25, 0.3) is 0 Å². The van der Waals surface area contributed by atoms with E-state index in [-0.39, 0.29) is 12.4 Å². The van der Waals surface area contributed by atoms with Crippen molar-refractivity contribution in [2.75, 3.05) is 11.9 Å². The van der Waals surface area contributed by atoms with Crippen molar-refractivity contribution in [2.45, 2.75) is 12.5 Å². The van der Waals surface area contributed by atoms with Crippen molar-refractivity contribution < 1.29 is 9.50 Å². The number of aliphatic hydroxyl groups is 1. The zero-order valence-corrected chi connectivity index (χ0v) is 13.2. The van der Waals surface area contributed by atoms with Crippen molar-refractivity contribution >= 4 is 33.2 Å². The van der Waals surface area contributed by atoms with Crippen LogP contribution in [0.15, 0.2) is 46.9 Å². The minimum atomic E-state index is -0.973. The van der Waals surface area contributed by atoms with E-state index >= 15 is 0 Å². The van der Waals surface area contributed by atoms with Gasteiger partial charge in [0.05, 0.1) is 22.9 Å². The van der Waals surface area contributed by atoms with Gasteiger partial charge in [-0.05, 0) is 37.3 Å². The van der Waals surface area contributed by atoms with Gasteiger partial charge in [0.15, 0.2) is 0 Å². The van der Waals surface area contributed by atoms with Gasteiger partial charge in [-0.3, -0.25) is 0 Å². The maximum absolute atomic E-state index is 14.1. The number of hydrogen-bond donors (Lipinski definition) is 2. The van der Waals surface area contributed by atoms with E-state index < -0.39 is 5.54 Å². The average molecular weight is 359 g/mol. The summed E-state index contributed by atoms with van der Waals surface area (Å²) in [5.74, 6) is -0.385. The number of anilines is 1. The molecule has 0 bridgehead atoms. The first-order valence-electron chi connectivity index (χ1n) is 6.05. The van der Waals surface area contributed by atoms with Crippen LogP contribution in [0.3, 0.4) is 0 Å². The number of para-hydroxylation sites is 1. The van der Waals surface area contributed by atoms with Gasteiger partial charge in [0, 0.05) is 10.0 Å². The van der Waals surface area contributed by atoms with Gasteiger partial charge in [0.25, 0.3) is 0 Å². The Bertz CT molecular complexity index is 623. The van der Waals surface area contributed by atoms with Crippen LogP contribution in [0.4, 0.5) is 10.1 Å². The molecule has 2 rings (SSSR count). The van der Waals surface area contributed by atoms with Gasteiger partial charge in [-0.25, -0.2) is 4.39 Å². The molecule has 0 aromatic heterocycles. The topological polar surface area (TPSA) is 32.3 Å². The molecule has 5 heteroatoms. The molecule has 0 spiro atoms. The van der Waals surface area contributed by atoms with Crippen LogP contribution in [0, 0.1) is 5.82 Å². The monoisotopic (exact) mass is 357 g/mol. The second-order valence-electron chi connectivity index (χ2n) is 4.72. The number of nitrogens with one attached hydrogen (secondary N) is 1. The number of hydrogen-bond acceptors (Lipinski definition) is 2. The molecule has 2 N–H and O–H groups in total. The van der Waals surface area contributed by atoms with Crippen molar-refractivity contribution in [3.8, 4) is 0 Å². The second kappa shape index (κ2) is 6.12. The highest BCUT2D eigenvalue weighted by Gasteiger charge is 2.29. The first kappa shape index (κ1) is 15.3. The third-order valence-electron chi connectivity index (χ3n) is 3.12. The van der Waals surface area contributed by atoms with Crippen molar-refractivity contribution in [2.24, 2.45) is 0 Å². The lowest BCUT2D eigenvalue weighted by Crippen LogP contribution is -2.37. The van der Waals surface area contributed by atoms with E-state index in [1.807, 2.05) is 12.1 Å². The van der Waals surface area contributed by atoms with Crippen LogP contribution in [-0.2, 0) is 5.54 Å². The lowest BCUT2D eigenvalue weighted by Gasteiger charge is -2.31. The zero-order chi connectivity index (χ0) is 14.8. The molecule has 2 aromatic carbocycles. The number of rotatable bonds is 4. The van der Waals surface area contributed by atoms with Gasteiger partial charge < -0.3 is 10.4 Å². The number of halogens is 3. The van der Waals surface area contributed by atoms with Crippen molar-refractivity contribution in [3.05, 3.63) is 63.3 Å². The number of benzene rings is 2. The molecular weight excluding hydrogens is 345 g/mol. The van der Waals surface area contributed by atoms with Crippen molar-refractivity contribution in [3.63, 3.8) is 0 Å². The minimum Gasteiger partial charge on any atom is -0.394 e. The van der Waals surface area contributed by atoms with Crippen LogP contribution >= 0.6 is 27.5 Å². The van der Waals surface area contributed by atoms with Crippen molar-refractivity contribution in [1.82, 2.24) is 0 Å². The molecule has 0 amide bonds. The fraction of sp³-hybridized carbons (Fsp3) is 0.200. The Balaban J connectivity index is 2.43. The van der Waals surface area contributed by atoms with Crippen LogP contribution in [-0.4, -0.2) is 11.7 Å². The molecule has 0 aliphatic heterocycles. The van der Waals surface area contributed by atoms with Gasteiger partial charge in [-0.1, -0.05) is 39.7 Å². The average Bonchev–Trinajstić information content (AvgIpc) is 2.44. The molecule has 0 fully saturated rings. The Morgan fingerprint density at radius 3 is 2.65 bits per heavy atom. The SMILES string of the molecule is CC(CO)(Nc1ccccc1Cl)c1cc(Br)ccc1F. The summed E-state index contributed by atoms with van der Waals surface area (Å²) in [7, 11) is 0. The Morgan fingerprint density at radius 1 is 1.30 bits per heavy atom. The van der Waals surface area contributed by atoms with E-state index in [9.17, 15) is 9.50 Å². The van der Waals surface area contributed by atoms with Gasteiger partial charge >= 0.3 is 0 Å². The zero-order valence-electron chi connectivity index (χ0n) is 10.8. The van der Waals surface area contributed by atoms with Gasteiger partial charge in [-0.2, -0.15) is 0 Å². The molecule has 0 aliphatic rings. The largest absolute Gasteiger partial charge is 0.394 e. The predicted octanol–water partition coefficient (Wildman–Crippen LogP) is 4.56. The highest BCUT2D eigenvalue weighted by molar-refractivity contribution is 9.10. The summed E-state index contributed by atoms with van der Waals surface area (Å²) < 4.78 is 14.8. The molecule has 0 radical (unpaired) electrons. The molecular formula is C15H14BrClFNO. The Hall–Kier alpha value is -1.10. The smallest absolute Gasteiger partial charge is 0.128 e. The van der Waals surface area contributed by atoms with Gasteiger partial charge in [-0.15, -0.1) is 0 Å². The lowest BCUT2D eigenvalue weighted by atomic mass is 9.92. The van der Waals surface area contributed by atoms with Gasteiger partial charge in [0.2, 0.25) is 0 Å². The summed E-state index contributed by atoms with van der Waals surface area (Å²) in [4.78, 5) is 0. The molecule has 0 heterocycles. The van der Waals surface area contributed by atoms with E-state index in [1.54, 1.807) is 31.2 Å². The predicted molar refractivity (Wildman–Crippen MR) is 83.6 cm³/mol. The number of aliphatic hydroxyl groups excluding tert-OH is 1. The molecule has 2 nitrogen and oxygen atoms in total. The molecule has 0 saturated carbocycles. The third-order valence-corrected chi connectivity index (χ3v) is 3.95. The molecule has 20 heavy (non-hydrogen) atoms. The summed E-state index contributed by atoms with van der Waals surface area (Å²) >= 11 is 9.41. The molecule has 106 valence electrons. The van der Waals surface area contributed by atoms with Crippen molar-refractivity contribution in [1.29, 1.82) is 0 Å². The Kier molecular flexibility index (Phi) is 4.68. The van der Waals surface area contributed by atoms with E-state index in [0.29, 0.717) is 16.3 Å². The van der Waals surface area contributed by atoms with E-state index in [0.717, 1.165) is 4.47 Å². The normalized spacial score (nSPS) is 13.8. The molecule has 2 aromatic rings. The van der Waals surface area contributed by atoms with Gasteiger partial charge in [0.1, 0.15) is 5.82 Å². The first-order valence-corrected chi connectivity index (χ1v) is 7.22. The quantitative estimate of drug-likeness (QED) is 0.839. The minimum absolute atomic E-state index is 0.272. The second-order valence-corrected chi connectivity index (χ2v) is 6.04. The highest BCUT2D eigenvalue weighted by atomic mass is 79.9. The van der Waals surface area contributed by atoms with E-state index in [1.165, 1.54) is 6.07 Å². The van der Waals surface area contributed by atoms with Crippen LogP contribution in [0.2, 0.25) is 5.02 Å². The Morgan fingerprint density at radius 2 is 2.00 bits per heavy atom. The van der Waals surface area contributed by atoms with Crippen LogP contribution in [0.5, 0.6) is 0 Å². The van der Waals surface area contributed by atoms with Crippen LogP contribution in [0.1, 0.15) is 12.5 Å². The Labute approximate surface area is 130 Å². The summed E-state index contributed by atoms with van der Waals surface area (Å²) in [6.07, 6.45) is 0. The molecule has 1 atom stereocenters. The summed E-state index contributed by atoms with van der Waals surface area (Å²) in [6, 6.07) is 11.8. The summed E-state index contributed by atoms with van der Waals surface area (Å²) in [6.45, 7) is 1.45. The molecule has 0 aliphatic carbocycles. The molecule has 0 saturated heterocycles. The maximum Gasteiger partial charge on any atom is 0.128 e. The highest BCUT2D eigenvalue weighted by Crippen LogP contribution is 2.32. The van der Waals surface area contributed by atoms with E-state index in [4.69, 9.17) is 11.6 Å². The standard InChI is InChI=1S/C15H14BrClFNO/c1-15(9-20,11-8-10(16)6-7-13(11)18)19-14-5-3-2-4-12(14)17/h2-8,19-20H,9H2,1H3. The summed E-state index contributed by atoms with van der Waals surface area (Å²) in [5.41, 5.74) is 0.0400. The maximum atomic E-state index is 14.1. The summed E-state index contributed by atoms with van der Waals surface area (Å²) in [5, 5.41) is 13.3. The fourth-order valence-corrected chi connectivity index (χ4v) is 2.52.